The van der Waals surface area contributed by atoms with Gasteiger partial charge in [0.2, 0.25) is 5.88 Å². The number of anilines is 1. The maximum absolute atomic E-state index is 13.7. The number of benzene rings is 2. The highest BCUT2D eigenvalue weighted by atomic mass is 19.1. The molecular formula is C25H20FN3O3. The van der Waals surface area contributed by atoms with Crippen molar-refractivity contribution < 1.29 is 18.7 Å². The Labute approximate surface area is 184 Å². The lowest BCUT2D eigenvalue weighted by molar-refractivity contribution is 0.102. The molecule has 0 unspecified atom stereocenters. The Morgan fingerprint density at radius 2 is 1.75 bits per heavy atom. The fourth-order valence-corrected chi connectivity index (χ4v) is 2.92. The summed E-state index contributed by atoms with van der Waals surface area (Å²) in [6, 6.07) is 18.6. The third-order valence-corrected chi connectivity index (χ3v) is 4.68. The summed E-state index contributed by atoms with van der Waals surface area (Å²) in [5.41, 5.74) is 2.38. The third-order valence-electron chi connectivity index (χ3n) is 4.68. The zero-order valence-corrected chi connectivity index (χ0v) is 17.3. The van der Waals surface area contributed by atoms with Gasteiger partial charge in [-0.05, 0) is 55.0 Å². The molecule has 1 amide bonds. The van der Waals surface area contributed by atoms with E-state index in [0.29, 0.717) is 34.2 Å². The van der Waals surface area contributed by atoms with Crippen molar-refractivity contribution in [2.24, 2.45) is 0 Å². The van der Waals surface area contributed by atoms with Crippen LogP contribution in [0.2, 0.25) is 0 Å². The minimum Gasteiger partial charge on any atom is -0.489 e. The first-order chi connectivity index (χ1) is 15.6. The number of carbonyl (C=O) groups is 1. The molecule has 0 radical (unpaired) electrons. The summed E-state index contributed by atoms with van der Waals surface area (Å²) in [6.45, 7) is 1.99. The van der Waals surface area contributed by atoms with Gasteiger partial charge in [0.15, 0.2) is 0 Å². The van der Waals surface area contributed by atoms with Crippen LogP contribution in [0.25, 0.3) is 0 Å². The van der Waals surface area contributed by atoms with Crippen LogP contribution >= 0.6 is 0 Å². The average Bonchev–Trinajstić information content (AvgIpc) is 2.81. The molecular weight excluding hydrogens is 409 g/mol. The number of pyridine rings is 2. The molecule has 2 aromatic heterocycles. The van der Waals surface area contributed by atoms with Gasteiger partial charge >= 0.3 is 0 Å². The van der Waals surface area contributed by atoms with E-state index < -0.39 is 0 Å². The SMILES string of the molecule is Cc1ccncc1C(=O)Nc1ccc(Oc2ccc(OCc3ccccc3F)cc2)nc1. The summed E-state index contributed by atoms with van der Waals surface area (Å²) < 4.78 is 25.0. The zero-order valence-electron chi connectivity index (χ0n) is 17.3. The maximum Gasteiger partial charge on any atom is 0.257 e. The number of halogens is 1. The Morgan fingerprint density at radius 3 is 2.47 bits per heavy atom. The zero-order chi connectivity index (χ0) is 22.3. The van der Waals surface area contributed by atoms with Gasteiger partial charge < -0.3 is 14.8 Å². The van der Waals surface area contributed by atoms with Crippen LogP contribution < -0.4 is 14.8 Å². The summed E-state index contributed by atoms with van der Waals surface area (Å²) in [5.74, 6) is 0.988. The molecule has 6 nitrogen and oxygen atoms in total. The number of aromatic nitrogens is 2. The van der Waals surface area contributed by atoms with E-state index in [9.17, 15) is 9.18 Å². The number of aryl methyl sites for hydroxylation is 1. The molecule has 0 aliphatic rings. The average molecular weight is 429 g/mol. The van der Waals surface area contributed by atoms with Crippen molar-refractivity contribution in [3.05, 3.63) is 108 Å². The Kier molecular flexibility index (Phi) is 6.36. The molecule has 0 aliphatic carbocycles. The molecule has 0 spiro atoms. The van der Waals surface area contributed by atoms with Crippen LogP contribution in [0.4, 0.5) is 10.1 Å². The number of nitrogens with one attached hydrogen (secondary N) is 1. The van der Waals surface area contributed by atoms with Crippen molar-refractivity contribution in [2.45, 2.75) is 13.5 Å². The van der Waals surface area contributed by atoms with Crippen LogP contribution in [0, 0.1) is 12.7 Å². The van der Waals surface area contributed by atoms with Crippen molar-refractivity contribution in [1.82, 2.24) is 9.97 Å². The van der Waals surface area contributed by atoms with Gasteiger partial charge in [-0.1, -0.05) is 18.2 Å². The third kappa shape index (κ3) is 5.26. The van der Waals surface area contributed by atoms with Crippen LogP contribution in [0.3, 0.4) is 0 Å². The molecule has 1 N–H and O–H groups in total. The van der Waals surface area contributed by atoms with Crippen LogP contribution in [-0.2, 0) is 6.61 Å². The van der Waals surface area contributed by atoms with Gasteiger partial charge in [0.1, 0.15) is 23.9 Å². The highest BCUT2D eigenvalue weighted by Gasteiger charge is 2.10. The van der Waals surface area contributed by atoms with Crippen molar-refractivity contribution in [3.8, 4) is 17.4 Å². The van der Waals surface area contributed by atoms with Crippen LogP contribution in [0.1, 0.15) is 21.5 Å². The van der Waals surface area contributed by atoms with Crippen LogP contribution in [-0.4, -0.2) is 15.9 Å². The summed E-state index contributed by atoms with van der Waals surface area (Å²) in [4.78, 5) is 20.6. The van der Waals surface area contributed by atoms with Gasteiger partial charge in [-0.15, -0.1) is 0 Å². The van der Waals surface area contributed by atoms with E-state index in [1.165, 1.54) is 18.5 Å². The molecule has 0 aliphatic heterocycles. The fourth-order valence-electron chi connectivity index (χ4n) is 2.92. The highest BCUT2D eigenvalue weighted by Crippen LogP contribution is 2.24. The number of amides is 1. The first kappa shape index (κ1) is 21.0. The van der Waals surface area contributed by atoms with Gasteiger partial charge in [-0.25, -0.2) is 9.37 Å². The molecule has 4 rings (SSSR count). The number of hydrogen-bond donors (Lipinski definition) is 1. The molecule has 32 heavy (non-hydrogen) atoms. The highest BCUT2D eigenvalue weighted by molar-refractivity contribution is 6.04. The first-order valence-electron chi connectivity index (χ1n) is 9.90. The van der Waals surface area contributed by atoms with Crippen LogP contribution in [0.5, 0.6) is 17.4 Å². The second-order valence-electron chi connectivity index (χ2n) is 6.98. The Balaban J connectivity index is 1.33. The van der Waals surface area contributed by atoms with E-state index in [1.807, 2.05) is 6.92 Å². The Morgan fingerprint density at radius 1 is 0.969 bits per heavy atom. The molecule has 160 valence electrons. The summed E-state index contributed by atoms with van der Waals surface area (Å²) >= 11 is 0. The van der Waals surface area contributed by atoms with E-state index in [1.54, 1.807) is 66.9 Å². The predicted molar refractivity (Wildman–Crippen MR) is 118 cm³/mol. The lowest BCUT2D eigenvalue weighted by Gasteiger charge is -2.10. The van der Waals surface area contributed by atoms with Crippen molar-refractivity contribution >= 4 is 11.6 Å². The number of nitrogens with zero attached hydrogens (tertiary/aromatic N) is 2. The largest absolute Gasteiger partial charge is 0.489 e. The molecule has 4 aromatic rings. The molecule has 0 fully saturated rings. The first-order valence-corrected chi connectivity index (χ1v) is 9.90. The molecule has 7 heteroatoms. The number of hydrogen-bond acceptors (Lipinski definition) is 5. The minimum absolute atomic E-state index is 0.139. The predicted octanol–water partition coefficient (Wildman–Crippen LogP) is 5.55. The molecule has 0 atom stereocenters. The van der Waals surface area contributed by atoms with E-state index in [-0.39, 0.29) is 18.3 Å². The van der Waals surface area contributed by atoms with Gasteiger partial charge in [0, 0.05) is 24.0 Å². The summed E-state index contributed by atoms with van der Waals surface area (Å²) in [5, 5.41) is 2.79. The second kappa shape index (κ2) is 9.70. The molecule has 0 saturated carbocycles. The van der Waals surface area contributed by atoms with E-state index in [2.05, 4.69) is 15.3 Å². The number of ether oxygens (including phenoxy) is 2. The maximum atomic E-state index is 13.7. The van der Waals surface area contributed by atoms with Crippen molar-refractivity contribution in [3.63, 3.8) is 0 Å². The monoisotopic (exact) mass is 429 g/mol. The molecule has 0 saturated heterocycles. The molecule has 0 bridgehead atoms. The molecule has 2 aromatic carbocycles. The summed E-state index contributed by atoms with van der Waals surface area (Å²) in [7, 11) is 0. The second-order valence-corrected chi connectivity index (χ2v) is 6.98. The van der Waals surface area contributed by atoms with Gasteiger partial charge in [-0.3, -0.25) is 9.78 Å². The lowest BCUT2D eigenvalue weighted by atomic mass is 10.1. The Hall–Kier alpha value is -4.26. The normalized spacial score (nSPS) is 10.4. The quantitative estimate of drug-likeness (QED) is 0.417. The summed E-state index contributed by atoms with van der Waals surface area (Å²) in [6.07, 6.45) is 4.69. The standard InChI is InChI=1S/C25H20FN3O3/c1-17-12-13-27-15-22(17)25(30)29-19-6-11-24(28-14-19)32-21-9-7-20(8-10-21)31-16-18-4-2-3-5-23(18)26/h2-15H,16H2,1H3,(H,29,30). The van der Waals surface area contributed by atoms with Gasteiger partial charge in [0.05, 0.1) is 17.4 Å². The number of carbonyl (C=O) groups excluding carboxylic acids is 1. The van der Waals surface area contributed by atoms with Crippen LogP contribution in [0.15, 0.2) is 85.3 Å². The van der Waals surface area contributed by atoms with E-state index in [0.717, 1.165) is 5.56 Å². The van der Waals surface area contributed by atoms with E-state index >= 15 is 0 Å². The van der Waals surface area contributed by atoms with Crippen molar-refractivity contribution in [1.29, 1.82) is 0 Å². The van der Waals surface area contributed by atoms with Gasteiger partial charge in [0.25, 0.3) is 5.91 Å². The smallest absolute Gasteiger partial charge is 0.257 e. The fraction of sp³-hybridized carbons (Fsp3) is 0.0800. The lowest BCUT2D eigenvalue weighted by Crippen LogP contribution is -2.13. The Bertz CT molecular complexity index is 1210. The minimum atomic E-state index is -0.297. The topological polar surface area (TPSA) is 73.3 Å². The van der Waals surface area contributed by atoms with Gasteiger partial charge in [-0.2, -0.15) is 0 Å². The number of rotatable bonds is 7. The van der Waals surface area contributed by atoms with E-state index in [4.69, 9.17) is 9.47 Å². The van der Waals surface area contributed by atoms with Crippen molar-refractivity contribution in [2.75, 3.05) is 5.32 Å². The molecule has 2 heterocycles.